The van der Waals surface area contributed by atoms with Crippen molar-refractivity contribution in [2.24, 2.45) is 0 Å². The molecule has 0 aliphatic rings. The van der Waals surface area contributed by atoms with Crippen molar-refractivity contribution in [1.82, 2.24) is 15.5 Å². The SMILES string of the molecule is CNC(C)Cc1noc(-c2ccc(OC)cc2)n1. The third-order valence-corrected chi connectivity index (χ3v) is 2.79. The van der Waals surface area contributed by atoms with Gasteiger partial charge in [-0.3, -0.25) is 0 Å². The number of rotatable bonds is 5. The summed E-state index contributed by atoms with van der Waals surface area (Å²) in [7, 11) is 3.55. The maximum Gasteiger partial charge on any atom is 0.257 e. The predicted molar refractivity (Wildman–Crippen MR) is 68.5 cm³/mol. The Morgan fingerprint density at radius 1 is 1.33 bits per heavy atom. The lowest BCUT2D eigenvalue weighted by molar-refractivity contribution is 0.413. The lowest BCUT2D eigenvalue weighted by Gasteiger charge is -2.04. The van der Waals surface area contributed by atoms with Crippen LogP contribution in [0.25, 0.3) is 11.5 Å². The van der Waals surface area contributed by atoms with Gasteiger partial charge in [0.2, 0.25) is 0 Å². The third-order valence-electron chi connectivity index (χ3n) is 2.79. The highest BCUT2D eigenvalue weighted by Crippen LogP contribution is 2.20. The van der Waals surface area contributed by atoms with E-state index in [4.69, 9.17) is 9.26 Å². The lowest BCUT2D eigenvalue weighted by atomic mass is 10.2. The van der Waals surface area contributed by atoms with E-state index >= 15 is 0 Å². The van der Waals surface area contributed by atoms with Crippen molar-refractivity contribution in [3.8, 4) is 17.2 Å². The zero-order valence-electron chi connectivity index (χ0n) is 10.8. The van der Waals surface area contributed by atoms with Gasteiger partial charge in [0, 0.05) is 18.0 Å². The van der Waals surface area contributed by atoms with Crippen LogP contribution in [0.15, 0.2) is 28.8 Å². The topological polar surface area (TPSA) is 60.2 Å². The highest BCUT2D eigenvalue weighted by molar-refractivity contribution is 5.54. The van der Waals surface area contributed by atoms with Crippen molar-refractivity contribution < 1.29 is 9.26 Å². The fourth-order valence-corrected chi connectivity index (χ4v) is 1.56. The highest BCUT2D eigenvalue weighted by atomic mass is 16.5. The zero-order chi connectivity index (χ0) is 13.0. The molecule has 0 bridgehead atoms. The van der Waals surface area contributed by atoms with Gasteiger partial charge in [-0.15, -0.1) is 0 Å². The van der Waals surface area contributed by atoms with E-state index in [0.717, 1.165) is 17.7 Å². The van der Waals surface area contributed by atoms with E-state index in [9.17, 15) is 0 Å². The summed E-state index contributed by atoms with van der Waals surface area (Å²) < 4.78 is 10.3. The molecule has 0 saturated heterocycles. The van der Waals surface area contributed by atoms with Gasteiger partial charge in [0.15, 0.2) is 5.82 Å². The van der Waals surface area contributed by atoms with Crippen LogP contribution in [0.4, 0.5) is 0 Å². The highest BCUT2D eigenvalue weighted by Gasteiger charge is 2.10. The van der Waals surface area contributed by atoms with Crippen molar-refractivity contribution in [3.63, 3.8) is 0 Å². The number of nitrogens with zero attached hydrogens (tertiary/aromatic N) is 2. The van der Waals surface area contributed by atoms with Gasteiger partial charge < -0.3 is 14.6 Å². The van der Waals surface area contributed by atoms with Crippen LogP contribution >= 0.6 is 0 Å². The van der Waals surface area contributed by atoms with Crippen molar-refractivity contribution in [2.75, 3.05) is 14.2 Å². The van der Waals surface area contributed by atoms with Gasteiger partial charge in [0.1, 0.15) is 5.75 Å². The minimum absolute atomic E-state index is 0.325. The molecule has 0 aliphatic heterocycles. The summed E-state index contributed by atoms with van der Waals surface area (Å²) in [6.45, 7) is 2.07. The van der Waals surface area contributed by atoms with E-state index < -0.39 is 0 Å². The first-order chi connectivity index (χ1) is 8.72. The quantitative estimate of drug-likeness (QED) is 0.874. The van der Waals surface area contributed by atoms with Crippen LogP contribution < -0.4 is 10.1 Å². The average Bonchev–Trinajstić information content (AvgIpc) is 2.87. The molecule has 0 spiro atoms. The first-order valence-electron chi connectivity index (χ1n) is 5.87. The van der Waals surface area contributed by atoms with Gasteiger partial charge in [-0.1, -0.05) is 5.16 Å². The van der Waals surface area contributed by atoms with Crippen LogP contribution in [0.1, 0.15) is 12.7 Å². The van der Waals surface area contributed by atoms with E-state index in [2.05, 4.69) is 22.4 Å². The monoisotopic (exact) mass is 247 g/mol. The van der Waals surface area contributed by atoms with Crippen LogP contribution in [-0.4, -0.2) is 30.3 Å². The molecule has 2 aromatic rings. The third kappa shape index (κ3) is 2.87. The van der Waals surface area contributed by atoms with Crippen LogP contribution in [0, 0.1) is 0 Å². The Kier molecular flexibility index (Phi) is 3.94. The van der Waals surface area contributed by atoms with E-state index in [1.807, 2.05) is 31.3 Å². The Labute approximate surface area is 106 Å². The van der Waals surface area contributed by atoms with Gasteiger partial charge >= 0.3 is 0 Å². The molecule has 2 rings (SSSR count). The predicted octanol–water partition coefficient (Wildman–Crippen LogP) is 1.90. The Morgan fingerprint density at radius 2 is 2.06 bits per heavy atom. The molecule has 96 valence electrons. The van der Waals surface area contributed by atoms with Gasteiger partial charge in [0.25, 0.3) is 5.89 Å². The van der Waals surface area contributed by atoms with Gasteiger partial charge in [0.05, 0.1) is 7.11 Å². The second kappa shape index (κ2) is 5.64. The number of aromatic nitrogens is 2. The summed E-state index contributed by atoms with van der Waals surface area (Å²) in [5.74, 6) is 2.06. The largest absolute Gasteiger partial charge is 0.497 e. The second-order valence-corrected chi connectivity index (χ2v) is 4.14. The standard InChI is InChI=1S/C13H17N3O2/c1-9(14-2)8-12-15-13(18-16-12)10-4-6-11(17-3)7-5-10/h4-7,9,14H,8H2,1-3H3. The van der Waals surface area contributed by atoms with Crippen molar-refractivity contribution in [2.45, 2.75) is 19.4 Å². The number of nitrogens with one attached hydrogen (secondary N) is 1. The molecule has 1 N–H and O–H groups in total. The van der Waals surface area contributed by atoms with E-state index in [0.29, 0.717) is 17.8 Å². The Morgan fingerprint density at radius 3 is 2.67 bits per heavy atom. The number of ether oxygens (including phenoxy) is 1. The zero-order valence-corrected chi connectivity index (χ0v) is 10.8. The fraction of sp³-hybridized carbons (Fsp3) is 0.385. The molecule has 1 unspecified atom stereocenters. The number of methoxy groups -OCH3 is 1. The number of likely N-dealkylation sites (N-methyl/N-ethyl adjacent to an activating group) is 1. The van der Waals surface area contributed by atoms with Crippen LogP contribution in [0.2, 0.25) is 0 Å². The Bertz CT molecular complexity index is 493. The molecule has 0 saturated carbocycles. The van der Waals surface area contributed by atoms with Gasteiger partial charge in [-0.2, -0.15) is 4.98 Å². The number of benzene rings is 1. The lowest BCUT2D eigenvalue weighted by Crippen LogP contribution is -2.24. The van der Waals surface area contributed by atoms with E-state index in [1.54, 1.807) is 7.11 Å². The smallest absolute Gasteiger partial charge is 0.257 e. The van der Waals surface area contributed by atoms with Crippen molar-refractivity contribution in [3.05, 3.63) is 30.1 Å². The minimum Gasteiger partial charge on any atom is -0.497 e. The molecule has 0 fully saturated rings. The van der Waals surface area contributed by atoms with E-state index in [1.165, 1.54) is 0 Å². The normalized spacial score (nSPS) is 12.4. The van der Waals surface area contributed by atoms with Gasteiger partial charge in [-0.05, 0) is 38.2 Å². The molecule has 18 heavy (non-hydrogen) atoms. The van der Waals surface area contributed by atoms with Crippen LogP contribution in [-0.2, 0) is 6.42 Å². The number of hydrogen-bond donors (Lipinski definition) is 1. The van der Waals surface area contributed by atoms with Crippen molar-refractivity contribution in [1.29, 1.82) is 0 Å². The average molecular weight is 247 g/mol. The molecule has 1 aromatic heterocycles. The summed E-state index contributed by atoms with van der Waals surface area (Å²) in [5, 5.41) is 7.11. The molecule has 0 aliphatic carbocycles. The summed E-state index contributed by atoms with van der Waals surface area (Å²) >= 11 is 0. The molecule has 0 amide bonds. The first kappa shape index (κ1) is 12.6. The molecule has 1 atom stereocenters. The van der Waals surface area contributed by atoms with Crippen LogP contribution in [0.5, 0.6) is 5.75 Å². The summed E-state index contributed by atoms with van der Waals surface area (Å²) in [5.41, 5.74) is 0.895. The maximum atomic E-state index is 5.24. The number of hydrogen-bond acceptors (Lipinski definition) is 5. The molecule has 5 nitrogen and oxygen atoms in total. The molecule has 1 aromatic carbocycles. The summed E-state index contributed by atoms with van der Waals surface area (Å²) in [6.07, 6.45) is 0.746. The first-order valence-corrected chi connectivity index (χ1v) is 5.87. The molecule has 5 heteroatoms. The fourth-order valence-electron chi connectivity index (χ4n) is 1.56. The van der Waals surface area contributed by atoms with E-state index in [-0.39, 0.29) is 0 Å². The molecular weight excluding hydrogens is 230 g/mol. The molecular formula is C13H17N3O2. The Hall–Kier alpha value is -1.88. The molecule has 0 radical (unpaired) electrons. The van der Waals surface area contributed by atoms with Crippen molar-refractivity contribution >= 4 is 0 Å². The maximum absolute atomic E-state index is 5.24. The Balaban J connectivity index is 2.13. The minimum atomic E-state index is 0.325. The summed E-state index contributed by atoms with van der Waals surface area (Å²) in [4.78, 5) is 4.37. The second-order valence-electron chi connectivity index (χ2n) is 4.14. The van der Waals surface area contributed by atoms with Gasteiger partial charge in [-0.25, -0.2) is 0 Å². The van der Waals surface area contributed by atoms with Crippen LogP contribution in [0.3, 0.4) is 0 Å². The summed E-state index contributed by atoms with van der Waals surface area (Å²) in [6, 6.07) is 7.87. The molecule has 1 heterocycles.